The van der Waals surface area contributed by atoms with Gasteiger partial charge in [0.25, 0.3) is 5.91 Å². The third kappa shape index (κ3) is 4.20. The Kier molecular flexibility index (Phi) is 4.11. The fourth-order valence-electron chi connectivity index (χ4n) is 1.64. The zero-order valence-corrected chi connectivity index (χ0v) is 10.9. The highest BCUT2D eigenvalue weighted by Crippen LogP contribution is 2.30. The third-order valence-electron chi connectivity index (χ3n) is 2.48. The Balaban J connectivity index is 2.22. The summed E-state index contributed by atoms with van der Waals surface area (Å²) in [5.74, 6) is -1.09. The van der Waals surface area contributed by atoms with Crippen molar-refractivity contribution in [1.29, 1.82) is 0 Å². The van der Waals surface area contributed by atoms with Gasteiger partial charge in [0.05, 0.1) is 5.69 Å². The summed E-state index contributed by atoms with van der Waals surface area (Å²) in [6.07, 6.45) is -4.83. The number of hydrogen-bond acceptors (Lipinski definition) is 3. The molecule has 2 rings (SSSR count). The van der Waals surface area contributed by atoms with Gasteiger partial charge in [-0.1, -0.05) is 18.2 Å². The first-order valence-electron chi connectivity index (χ1n) is 5.95. The number of anilines is 1. The minimum Gasteiger partial charge on any atom is -0.404 e. The quantitative estimate of drug-likeness (QED) is 0.942. The minimum absolute atomic E-state index is 0.0804. The van der Waals surface area contributed by atoms with Crippen LogP contribution in [0.3, 0.4) is 0 Å². The Morgan fingerprint density at radius 2 is 1.86 bits per heavy atom. The minimum atomic E-state index is -4.83. The number of alkyl halides is 3. The highest BCUT2D eigenvalue weighted by molar-refractivity contribution is 6.03. The van der Waals surface area contributed by atoms with Gasteiger partial charge in [-0.15, -0.1) is 13.2 Å². The first kappa shape index (κ1) is 14.8. The fourth-order valence-corrected chi connectivity index (χ4v) is 1.64. The summed E-state index contributed by atoms with van der Waals surface area (Å²) in [4.78, 5) is 16.0. The number of para-hydroxylation sites is 2. The van der Waals surface area contributed by atoms with Gasteiger partial charge in [0.1, 0.15) is 5.69 Å². The number of aryl methyl sites for hydroxylation is 1. The standard InChI is InChI=1S/C14H11F3N2O2/c1-9-5-4-7-11(18-9)13(20)19-10-6-2-3-8-12(10)21-14(15,16)17/h2-8H,1H3,(H,19,20). The molecule has 0 bridgehead atoms. The number of carbonyl (C=O) groups is 1. The Morgan fingerprint density at radius 3 is 2.52 bits per heavy atom. The second-order valence-electron chi connectivity index (χ2n) is 4.16. The largest absolute Gasteiger partial charge is 0.573 e. The van der Waals surface area contributed by atoms with Crippen LogP contribution in [-0.2, 0) is 0 Å². The topological polar surface area (TPSA) is 51.2 Å². The number of halogens is 3. The normalized spacial score (nSPS) is 11.0. The number of nitrogens with zero attached hydrogens (tertiary/aromatic N) is 1. The first-order chi connectivity index (χ1) is 9.85. The van der Waals surface area contributed by atoms with Crippen LogP contribution in [0, 0.1) is 6.92 Å². The van der Waals surface area contributed by atoms with Gasteiger partial charge in [0, 0.05) is 5.69 Å². The van der Waals surface area contributed by atoms with Crippen LogP contribution in [0.15, 0.2) is 42.5 Å². The molecule has 4 nitrogen and oxygen atoms in total. The van der Waals surface area contributed by atoms with Gasteiger partial charge in [0.15, 0.2) is 5.75 Å². The van der Waals surface area contributed by atoms with Crippen LogP contribution in [0.2, 0.25) is 0 Å². The molecule has 7 heteroatoms. The monoisotopic (exact) mass is 296 g/mol. The Hall–Kier alpha value is -2.57. The number of ether oxygens (including phenoxy) is 1. The van der Waals surface area contributed by atoms with Gasteiger partial charge in [-0.3, -0.25) is 4.79 Å². The highest BCUT2D eigenvalue weighted by Gasteiger charge is 2.32. The Morgan fingerprint density at radius 1 is 1.14 bits per heavy atom. The summed E-state index contributed by atoms with van der Waals surface area (Å²) in [7, 11) is 0. The lowest BCUT2D eigenvalue weighted by Crippen LogP contribution is -2.20. The van der Waals surface area contributed by atoms with Crippen molar-refractivity contribution in [1.82, 2.24) is 4.98 Å². The van der Waals surface area contributed by atoms with Crippen LogP contribution in [0.25, 0.3) is 0 Å². The lowest BCUT2D eigenvalue weighted by Gasteiger charge is -2.13. The van der Waals surface area contributed by atoms with E-state index in [1.165, 1.54) is 24.3 Å². The predicted molar refractivity (Wildman–Crippen MR) is 70.1 cm³/mol. The fraction of sp³-hybridized carbons (Fsp3) is 0.143. The van der Waals surface area contributed by atoms with Crippen molar-refractivity contribution in [2.75, 3.05) is 5.32 Å². The van der Waals surface area contributed by atoms with E-state index in [0.717, 1.165) is 6.07 Å². The molecule has 1 N–H and O–H groups in total. The van der Waals surface area contributed by atoms with E-state index in [1.807, 2.05) is 0 Å². The number of pyridine rings is 1. The number of rotatable bonds is 3. The van der Waals surface area contributed by atoms with Crippen molar-refractivity contribution >= 4 is 11.6 Å². The molecular formula is C14H11F3N2O2. The van der Waals surface area contributed by atoms with Crippen molar-refractivity contribution in [3.8, 4) is 5.75 Å². The molecule has 0 spiro atoms. The molecule has 1 amide bonds. The van der Waals surface area contributed by atoms with Gasteiger partial charge in [-0.05, 0) is 31.2 Å². The van der Waals surface area contributed by atoms with E-state index in [-0.39, 0.29) is 11.4 Å². The van der Waals surface area contributed by atoms with Crippen LogP contribution in [0.5, 0.6) is 5.75 Å². The first-order valence-corrected chi connectivity index (χ1v) is 5.95. The molecule has 0 saturated carbocycles. The summed E-state index contributed by atoms with van der Waals surface area (Å²) in [6.45, 7) is 1.71. The van der Waals surface area contributed by atoms with E-state index in [9.17, 15) is 18.0 Å². The van der Waals surface area contributed by atoms with Crippen LogP contribution >= 0.6 is 0 Å². The van der Waals surface area contributed by atoms with E-state index in [0.29, 0.717) is 5.69 Å². The molecule has 110 valence electrons. The molecule has 1 aromatic heterocycles. The average Bonchev–Trinajstić information content (AvgIpc) is 2.39. The summed E-state index contributed by atoms with van der Waals surface area (Å²) in [5, 5.41) is 2.35. The van der Waals surface area contributed by atoms with Crippen molar-refractivity contribution in [3.63, 3.8) is 0 Å². The number of benzene rings is 1. The second kappa shape index (κ2) is 5.82. The van der Waals surface area contributed by atoms with E-state index < -0.39 is 18.0 Å². The van der Waals surface area contributed by atoms with Gasteiger partial charge in [-0.2, -0.15) is 0 Å². The molecule has 0 fully saturated rings. The van der Waals surface area contributed by atoms with Gasteiger partial charge < -0.3 is 10.1 Å². The molecule has 1 heterocycles. The van der Waals surface area contributed by atoms with Crippen molar-refractivity contribution < 1.29 is 22.7 Å². The summed E-state index contributed by atoms with van der Waals surface area (Å²) in [6, 6.07) is 10.1. The zero-order chi connectivity index (χ0) is 15.5. The molecule has 0 atom stereocenters. The molecule has 0 aliphatic rings. The van der Waals surface area contributed by atoms with Gasteiger partial charge in [-0.25, -0.2) is 4.98 Å². The Labute approximate surface area is 118 Å². The lowest BCUT2D eigenvalue weighted by molar-refractivity contribution is -0.274. The van der Waals surface area contributed by atoms with E-state index >= 15 is 0 Å². The maximum Gasteiger partial charge on any atom is 0.573 e. The second-order valence-corrected chi connectivity index (χ2v) is 4.16. The molecule has 0 radical (unpaired) electrons. The van der Waals surface area contributed by atoms with Crippen LogP contribution < -0.4 is 10.1 Å². The van der Waals surface area contributed by atoms with Crippen LogP contribution in [0.4, 0.5) is 18.9 Å². The number of amides is 1. The molecule has 0 saturated heterocycles. The van der Waals surface area contributed by atoms with Crippen molar-refractivity contribution in [2.24, 2.45) is 0 Å². The molecule has 1 aromatic carbocycles. The number of nitrogens with one attached hydrogen (secondary N) is 1. The smallest absolute Gasteiger partial charge is 0.404 e. The maximum absolute atomic E-state index is 12.3. The molecule has 21 heavy (non-hydrogen) atoms. The summed E-state index contributed by atoms with van der Waals surface area (Å²) >= 11 is 0. The lowest BCUT2D eigenvalue weighted by atomic mass is 10.2. The summed E-state index contributed by atoms with van der Waals surface area (Å²) < 4.78 is 40.7. The summed E-state index contributed by atoms with van der Waals surface area (Å²) in [5.41, 5.74) is 0.655. The van der Waals surface area contributed by atoms with Crippen LogP contribution in [0.1, 0.15) is 16.2 Å². The van der Waals surface area contributed by atoms with Crippen molar-refractivity contribution in [3.05, 3.63) is 53.9 Å². The third-order valence-corrected chi connectivity index (χ3v) is 2.48. The molecule has 0 aliphatic carbocycles. The van der Waals surface area contributed by atoms with Crippen LogP contribution in [-0.4, -0.2) is 17.3 Å². The SMILES string of the molecule is Cc1cccc(C(=O)Nc2ccccc2OC(F)(F)F)n1. The van der Waals surface area contributed by atoms with E-state index in [1.54, 1.807) is 19.1 Å². The average molecular weight is 296 g/mol. The molecular weight excluding hydrogens is 285 g/mol. The van der Waals surface area contributed by atoms with E-state index in [4.69, 9.17) is 0 Å². The van der Waals surface area contributed by atoms with Crippen molar-refractivity contribution in [2.45, 2.75) is 13.3 Å². The van der Waals surface area contributed by atoms with E-state index in [2.05, 4.69) is 15.0 Å². The number of hydrogen-bond donors (Lipinski definition) is 1. The van der Waals surface area contributed by atoms with Gasteiger partial charge >= 0.3 is 6.36 Å². The predicted octanol–water partition coefficient (Wildman–Crippen LogP) is 3.54. The number of aromatic nitrogens is 1. The zero-order valence-electron chi connectivity index (χ0n) is 10.9. The molecule has 0 unspecified atom stereocenters. The number of carbonyl (C=O) groups excluding carboxylic acids is 1. The molecule has 2 aromatic rings. The highest BCUT2D eigenvalue weighted by atomic mass is 19.4. The maximum atomic E-state index is 12.3. The van der Waals surface area contributed by atoms with Gasteiger partial charge in [0.2, 0.25) is 0 Å². The molecule has 0 aliphatic heterocycles. The Bertz CT molecular complexity index is 657.